The van der Waals surface area contributed by atoms with E-state index in [4.69, 9.17) is 10.7 Å². The molecule has 10 heteroatoms. The van der Waals surface area contributed by atoms with E-state index in [1.165, 1.54) is 12.1 Å². The van der Waals surface area contributed by atoms with Gasteiger partial charge in [-0.3, -0.25) is 4.79 Å². The van der Waals surface area contributed by atoms with E-state index in [9.17, 15) is 22.0 Å². The van der Waals surface area contributed by atoms with Gasteiger partial charge in [-0.05, 0) is 34.1 Å². The fraction of sp³-hybridized carbons (Fsp3) is 0.364. The molecular formula is C11H11BrClF2NO4S. The first-order valence-electron chi connectivity index (χ1n) is 5.60. The summed E-state index contributed by atoms with van der Waals surface area (Å²) in [5, 5.41) is 2.41. The Hall–Kier alpha value is -0.770. The molecular weight excluding hydrogens is 396 g/mol. The largest absolute Gasteiger partial charge is 0.374 e. The molecule has 1 N–H and O–H groups in total. The smallest absolute Gasteiger partial charge is 0.262 e. The molecule has 118 valence electrons. The fourth-order valence-electron chi connectivity index (χ4n) is 1.34. The molecule has 1 rings (SSSR count). The number of ether oxygens (including phenoxy) is 1. The Bertz CT molecular complexity index is 612. The van der Waals surface area contributed by atoms with Crippen molar-refractivity contribution >= 4 is 41.6 Å². The van der Waals surface area contributed by atoms with E-state index in [0.717, 1.165) is 6.07 Å². The molecule has 1 aromatic carbocycles. The zero-order chi connectivity index (χ0) is 16.0. The molecule has 0 saturated carbocycles. The number of alkyl halides is 2. The van der Waals surface area contributed by atoms with Crippen molar-refractivity contribution < 1.29 is 26.7 Å². The highest BCUT2D eigenvalue weighted by atomic mass is 79.9. The van der Waals surface area contributed by atoms with Crippen LogP contribution in [0.25, 0.3) is 0 Å². The number of carbonyl (C=O) groups is 1. The van der Waals surface area contributed by atoms with E-state index in [1.54, 1.807) is 0 Å². The normalized spacial score (nSPS) is 11.7. The summed E-state index contributed by atoms with van der Waals surface area (Å²) in [6.07, 6.45) is -2.57. The standard InChI is InChI=1S/C11H11BrClF2NO4S/c12-8-2-1-7(5-9(8)21(13,18)19)11(17)16-3-4-20-6-10(14)15/h1-2,5,10H,3-4,6H2,(H,16,17). The van der Waals surface area contributed by atoms with Crippen LogP contribution < -0.4 is 5.32 Å². The van der Waals surface area contributed by atoms with Gasteiger partial charge in [0.05, 0.1) is 11.5 Å². The van der Waals surface area contributed by atoms with Crippen molar-refractivity contribution in [1.82, 2.24) is 5.32 Å². The molecule has 5 nitrogen and oxygen atoms in total. The highest BCUT2D eigenvalue weighted by Crippen LogP contribution is 2.26. The summed E-state index contributed by atoms with van der Waals surface area (Å²) in [5.74, 6) is -0.565. The summed E-state index contributed by atoms with van der Waals surface area (Å²) in [7, 11) is 1.24. The Morgan fingerprint density at radius 3 is 2.67 bits per heavy atom. The highest BCUT2D eigenvalue weighted by Gasteiger charge is 2.17. The third-order valence-electron chi connectivity index (χ3n) is 2.23. The molecule has 0 atom stereocenters. The van der Waals surface area contributed by atoms with Crippen molar-refractivity contribution in [3.05, 3.63) is 28.2 Å². The first-order chi connectivity index (χ1) is 9.71. The van der Waals surface area contributed by atoms with Crippen LogP contribution in [0.1, 0.15) is 10.4 Å². The van der Waals surface area contributed by atoms with Crippen molar-refractivity contribution in [2.75, 3.05) is 19.8 Å². The quantitative estimate of drug-likeness (QED) is 0.557. The average molecular weight is 407 g/mol. The van der Waals surface area contributed by atoms with Crippen molar-refractivity contribution in [3.8, 4) is 0 Å². The Morgan fingerprint density at radius 1 is 1.43 bits per heavy atom. The minimum atomic E-state index is -3.99. The first-order valence-corrected chi connectivity index (χ1v) is 8.70. The number of amides is 1. The lowest BCUT2D eigenvalue weighted by Crippen LogP contribution is -2.28. The number of halogens is 4. The van der Waals surface area contributed by atoms with Crippen LogP contribution in [-0.4, -0.2) is 40.5 Å². The number of hydrogen-bond donors (Lipinski definition) is 1. The summed E-state index contributed by atoms with van der Waals surface area (Å²) in [6, 6.07) is 3.88. The predicted octanol–water partition coefficient (Wildman–Crippen LogP) is 2.39. The van der Waals surface area contributed by atoms with E-state index in [1.807, 2.05) is 0 Å². The summed E-state index contributed by atoms with van der Waals surface area (Å²) in [6.45, 7) is -0.763. The molecule has 0 aliphatic rings. The van der Waals surface area contributed by atoms with Gasteiger partial charge in [-0.2, -0.15) is 0 Å². The van der Waals surface area contributed by atoms with Crippen LogP contribution in [0.15, 0.2) is 27.6 Å². The first kappa shape index (κ1) is 18.3. The van der Waals surface area contributed by atoms with Crippen LogP contribution in [0.5, 0.6) is 0 Å². The minimum Gasteiger partial charge on any atom is -0.374 e. The molecule has 0 bridgehead atoms. The van der Waals surface area contributed by atoms with Crippen LogP contribution in [0.3, 0.4) is 0 Å². The molecule has 0 spiro atoms. The van der Waals surface area contributed by atoms with Gasteiger partial charge in [0.15, 0.2) is 0 Å². The van der Waals surface area contributed by atoms with Gasteiger partial charge in [-0.1, -0.05) is 0 Å². The Kier molecular flexibility index (Phi) is 6.98. The van der Waals surface area contributed by atoms with Crippen LogP contribution in [0.4, 0.5) is 8.78 Å². The van der Waals surface area contributed by atoms with Crippen LogP contribution in [0.2, 0.25) is 0 Å². The summed E-state index contributed by atoms with van der Waals surface area (Å²) in [5.41, 5.74) is 0.0753. The molecule has 0 aliphatic carbocycles. The molecule has 1 aromatic rings. The van der Waals surface area contributed by atoms with Crippen LogP contribution >= 0.6 is 26.6 Å². The third kappa shape index (κ3) is 6.25. The fourth-order valence-corrected chi connectivity index (χ4v) is 3.46. The van der Waals surface area contributed by atoms with E-state index >= 15 is 0 Å². The zero-order valence-corrected chi connectivity index (χ0v) is 13.6. The second kappa shape index (κ2) is 8.02. The lowest BCUT2D eigenvalue weighted by molar-refractivity contribution is 0.0188. The minimum absolute atomic E-state index is 0.0184. The topological polar surface area (TPSA) is 72.5 Å². The highest BCUT2D eigenvalue weighted by molar-refractivity contribution is 9.10. The van der Waals surface area contributed by atoms with Gasteiger partial charge in [0, 0.05) is 27.3 Å². The molecule has 21 heavy (non-hydrogen) atoms. The summed E-state index contributed by atoms with van der Waals surface area (Å²) in [4.78, 5) is 11.5. The van der Waals surface area contributed by atoms with Gasteiger partial charge in [0.2, 0.25) is 0 Å². The van der Waals surface area contributed by atoms with Crippen molar-refractivity contribution in [2.45, 2.75) is 11.3 Å². The van der Waals surface area contributed by atoms with Gasteiger partial charge in [0.1, 0.15) is 6.61 Å². The number of rotatable bonds is 7. The molecule has 0 saturated heterocycles. The maximum Gasteiger partial charge on any atom is 0.262 e. The zero-order valence-electron chi connectivity index (χ0n) is 10.5. The van der Waals surface area contributed by atoms with E-state index in [0.29, 0.717) is 0 Å². The van der Waals surface area contributed by atoms with Crippen LogP contribution in [0, 0.1) is 0 Å². The van der Waals surface area contributed by atoms with E-state index in [2.05, 4.69) is 26.0 Å². The molecule has 0 radical (unpaired) electrons. The molecule has 0 aliphatic heterocycles. The van der Waals surface area contributed by atoms with Gasteiger partial charge >= 0.3 is 0 Å². The van der Waals surface area contributed by atoms with E-state index < -0.39 is 28.0 Å². The van der Waals surface area contributed by atoms with E-state index in [-0.39, 0.29) is 28.1 Å². The lowest BCUT2D eigenvalue weighted by Gasteiger charge is -2.08. The van der Waals surface area contributed by atoms with Crippen molar-refractivity contribution in [3.63, 3.8) is 0 Å². The van der Waals surface area contributed by atoms with Gasteiger partial charge in [-0.25, -0.2) is 17.2 Å². The van der Waals surface area contributed by atoms with Crippen molar-refractivity contribution in [2.24, 2.45) is 0 Å². The molecule has 0 unspecified atom stereocenters. The molecule has 1 amide bonds. The lowest BCUT2D eigenvalue weighted by atomic mass is 10.2. The SMILES string of the molecule is O=C(NCCOCC(F)F)c1ccc(Br)c(S(=O)(=O)Cl)c1. The number of benzene rings is 1. The van der Waals surface area contributed by atoms with Crippen LogP contribution in [-0.2, 0) is 13.8 Å². The molecule has 0 heterocycles. The Morgan fingerprint density at radius 2 is 2.10 bits per heavy atom. The number of hydrogen-bond acceptors (Lipinski definition) is 4. The maximum atomic E-state index is 11.8. The second-order valence-corrected chi connectivity index (χ2v) is 7.19. The van der Waals surface area contributed by atoms with Gasteiger partial charge < -0.3 is 10.1 Å². The summed E-state index contributed by atoms with van der Waals surface area (Å²) < 4.78 is 51.0. The monoisotopic (exact) mass is 405 g/mol. The number of carbonyl (C=O) groups excluding carboxylic acids is 1. The van der Waals surface area contributed by atoms with Crippen molar-refractivity contribution in [1.29, 1.82) is 0 Å². The molecule has 0 fully saturated rings. The Balaban J connectivity index is 2.63. The second-order valence-electron chi connectivity index (χ2n) is 3.80. The maximum absolute atomic E-state index is 11.8. The average Bonchev–Trinajstić information content (AvgIpc) is 2.36. The van der Waals surface area contributed by atoms with Gasteiger partial charge in [0.25, 0.3) is 21.4 Å². The van der Waals surface area contributed by atoms with Gasteiger partial charge in [-0.15, -0.1) is 0 Å². The third-order valence-corrected chi connectivity index (χ3v) is 4.55. The Labute approximate surface area is 133 Å². The number of nitrogens with one attached hydrogen (secondary N) is 1. The summed E-state index contributed by atoms with van der Waals surface area (Å²) >= 11 is 3.02. The molecule has 0 aromatic heterocycles. The predicted molar refractivity (Wildman–Crippen MR) is 76.3 cm³/mol.